The van der Waals surface area contributed by atoms with Gasteiger partial charge < -0.3 is 26.2 Å². The number of aryl methyl sites for hydroxylation is 1. The number of aliphatic carboxylic acids is 2. The molecule has 0 aliphatic heterocycles. The number of carboxylic acids is 2. The van der Waals surface area contributed by atoms with Crippen LogP contribution in [0.3, 0.4) is 0 Å². The highest BCUT2D eigenvalue weighted by atomic mass is 32.2. The van der Waals surface area contributed by atoms with Crippen molar-refractivity contribution in [3.63, 3.8) is 0 Å². The summed E-state index contributed by atoms with van der Waals surface area (Å²) in [4.78, 5) is 61.1. The van der Waals surface area contributed by atoms with Crippen LogP contribution < -0.4 is 20.7 Å². The lowest BCUT2D eigenvalue weighted by molar-refractivity contribution is -0.192. The van der Waals surface area contributed by atoms with E-state index in [0.29, 0.717) is 5.56 Å². The maximum Gasteiger partial charge on any atom is 0.490 e. The van der Waals surface area contributed by atoms with Crippen LogP contribution in [0.1, 0.15) is 33.9 Å². The van der Waals surface area contributed by atoms with Crippen LogP contribution in [0.15, 0.2) is 78.0 Å². The summed E-state index contributed by atoms with van der Waals surface area (Å²) in [5.41, 5.74) is 1.58. The van der Waals surface area contributed by atoms with Gasteiger partial charge in [-0.25, -0.2) is 22.7 Å². The van der Waals surface area contributed by atoms with Crippen LogP contribution >= 0.6 is 0 Å². The quantitative estimate of drug-likeness (QED) is 0.188. The summed E-state index contributed by atoms with van der Waals surface area (Å²) in [7, 11) is -4.11. The molecule has 18 heteroatoms. The first-order valence-electron chi connectivity index (χ1n) is 12.5. The number of nitrogens with one attached hydrogen (secondary N) is 4. The van der Waals surface area contributed by atoms with Gasteiger partial charge in [-0.2, -0.15) is 13.2 Å². The minimum Gasteiger partial charge on any atom is -0.481 e. The number of alkyl halides is 3. The highest BCUT2D eigenvalue weighted by Crippen LogP contribution is 2.16. The van der Waals surface area contributed by atoms with E-state index in [2.05, 4.69) is 20.9 Å². The Morgan fingerprint density at radius 2 is 1.60 bits per heavy atom. The smallest absolute Gasteiger partial charge is 0.481 e. The van der Waals surface area contributed by atoms with Crippen molar-refractivity contribution in [2.24, 2.45) is 0 Å². The zero-order valence-corrected chi connectivity index (χ0v) is 24.0. The molecule has 0 radical (unpaired) electrons. The highest BCUT2D eigenvalue weighted by Gasteiger charge is 2.38. The molecule has 0 bridgehead atoms. The zero-order chi connectivity index (χ0) is 33.8. The molecule has 1 aromatic heterocycles. The Balaban J connectivity index is 0.000000900. The van der Waals surface area contributed by atoms with E-state index in [4.69, 9.17) is 15.0 Å². The minimum absolute atomic E-state index is 0.0845. The monoisotopic (exact) mass is 653 g/mol. The van der Waals surface area contributed by atoms with Crippen molar-refractivity contribution in [3.8, 4) is 0 Å². The highest BCUT2D eigenvalue weighted by molar-refractivity contribution is 7.90. The summed E-state index contributed by atoms with van der Waals surface area (Å²) in [5.74, 6) is -5.15. The van der Waals surface area contributed by atoms with E-state index in [1.807, 2.05) is 4.72 Å². The van der Waals surface area contributed by atoms with E-state index in [9.17, 15) is 40.8 Å². The molecule has 0 spiro atoms. The Hall–Kier alpha value is -5.52. The van der Waals surface area contributed by atoms with Gasteiger partial charge in [0.15, 0.2) is 0 Å². The molecule has 3 rings (SSSR count). The number of anilines is 1. The maximum absolute atomic E-state index is 12.5. The molecule has 0 saturated carbocycles. The number of urea groups is 1. The van der Waals surface area contributed by atoms with Crippen LogP contribution in [-0.2, 0) is 24.4 Å². The molecule has 0 aliphatic carbocycles. The number of nitrogens with zero attached hydrogens (tertiary/aromatic N) is 1. The third kappa shape index (κ3) is 12.3. The fraction of sp³-hybridized carbons (Fsp3) is 0.185. The predicted molar refractivity (Wildman–Crippen MR) is 150 cm³/mol. The Bertz CT molecular complexity index is 1640. The summed E-state index contributed by atoms with van der Waals surface area (Å²) >= 11 is 0. The molecule has 2 aromatic carbocycles. The van der Waals surface area contributed by atoms with Crippen molar-refractivity contribution in [2.45, 2.75) is 30.5 Å². The van der Waals surface area contributed by atoms with Crippen molar-refractivity contribution in [2.75, 3.05) is 11.9 Å². The number of halogens is 3. The van der Waals surface area contributed by atoms with Gasteiger partial charge in [0.25, 0.3) is 15.9 Å². The molecule has 45 heavy (non-hydrogen) atoms. The van der Waals surface area contributed by atoms with Crippen LogP contribution in [-0.4, -0.2) is 66.1 Å². The number of amides is 4. The third-order valence-electron chi connectivity index (χ3n) is 5.39. The molecular weight excluding hydrogens is 627 g/mol. The number of benzene rings is 2. The Morgan fingerprint density at radius 3 is 2.16 bits per heavy atom. The maximum atomic E-state index is 12.5. The normalized spacial score (nSPS) is 11.6. The average Bonchev–Trinajstić information content (AvgIpc) is 2.95. The zero-order valence-electron chi connectivity index (χ0n) is 23.2. The number of aromatic nitrogens is 1. The van der Waals surface area contributed by atoms with Gasteiger partial charge in [-0.3, -0.25) is 19.4 Å². The topological polar surface area (TPSA) is 221 Å². The van der Waals surface area contributed by atoms with E-state index in [1.54, 1.807) is 31.2 Å². The van der Waals surface area contributed by atoms with E-state index in [0.717, 1.165) is 5.56 Å². The lowest BCUT2D eigenvalue weighted by Crippen LogP contribution is -2.39. The number of rotatable bonds is 10. The van der Waals surface area contributed by atoms with Gasteiger partial charge in [-0.05, 0) is 48.9 Å². The molecule has 0 fully saturated rings. The first-order valence-corrected chi connectivity index (χ1v) is 14.0. The van der Waals surface area contributed by atoms with Gasteiger partial charge in [-0.1, -0.05) is 29.8 Å². The number of carbonyl (C=O) groups is 5. The van der Waals surface area contributed by atoms with E-state index in [-0.39, 0.29) is 22.6 Å². The van der Waals surface area contributed by atoms with Gasteiger partial charge in [0.2, 0.25) is 5.91 Å². The van der Waals surface area contributed by atoms with Gasteiger partial charge in [-0.15, -0.1) is 0 Å². The van der Waals surface area contributed by atoms with Crippen LogP contribution in [0, 0.1) is 6.92 Å². The average molecular weight is 654 g/mol. The molecule has 6 N–H and O–H groups in total. The minimum atomic E-state index is -5.08. The van der Waals surface area contributed by atoms with Crippen molar-refractivity contribution in [1.82, 2.24) is 20.3 Å². The second-order valence-electron chi connectivity index (χ2n) is 8.94. The number of hydrogen-bond donors (Lipinski definition) is 6. The van der Waals surface area contributed by atoms with E-state index >= 15 is 0 Å². The largest absolute Gasteiger partial charge is 0.490 e. The van der Waals surface area contributed by atoms with E-state index < -0.39 is 58.6 Å². The second kappa shape index (κ2) is 15.8. The summed E-state index contributed by atoms with van der Waals surface area (Å²) < 4.78 is 58.4. The Labute approximate surface area is 253 Å². The molecule has 1 unspecified atom stereocenters. The Morgan fingerprint density at radius 1 is 0.956 bits per heavy atom. The van der Waals surface area contributed by atoms with Gasteiger partial charge >= 0.3 is 24.1 Å². The molecule has 0 aliphatic rings. The van der Waals surface area contributed by atoms with Crippen molar-refractivity contribution >= 4 is 45.5 Å². The Kier molecular flexibility index (Phi) is 12.5. The van der Waals surface area contributed by atoms with Crippen LogP contribution in [0.5, 0.6) is 0 Å². The molecule has 3 aromatic rings. The van der Waals surface area contributed by atoms with Gasteiger partial charge in [0.1, 0.15) is 0 Å². The first kappa shape index (κ1) is 35.7. The van der Waals surface area contributed by atoms with E-state index in [1.165, 1.54) is 48.8 Å². The molecule has 0 saturated heterocycles. The van der Waals surface area contributed by atoms with Crippen molar-refractivity contribution < 1.29 is 55.8 Å². The lowest BCUT2D eigenvalue weighted by atomic mass is 10.1. The van der Waals surface area contributed by atoms with Gasteiger partial charge in [0.05, 0.1) is 23.9 Å². The van der Waals surface area contributed by atoms with Crippen LogP contribution in [0.2, 0.25) is 0 Å². The molecule has 1 heterocycles. The predicted octanol–water partition coefficient (Wildman–Crippen LogP) is 2.60. The van der Waals surface area contributed by atoms with Crippen LogP contribution in [0.25, 0.3) is 0 Å². The van der Waals surface area contributed by atoms with Crippen LogP contribution in [0.4, 0.5) is 23.7 Å². The fourth-order valence-electron chi connectivity index (χ4n) is 3.31. The number of sulfonamides is 1. The summed E-state index contributed by atoms with van der Waals surface area (Å²) in [5, 5.41) is 23.6. The summed E-state index contributed by atoms with van der Waals surface area (Å²) in [6.07, 6.45) is -2.51. The molecular formula is C27H26F3N5O9S. The second-order valence-corrected chi connectivity index (χ2v) is 10.6. The third-order valence-corrected chi connectivity index (χ3v) is 6.74. The molecule has 240 valence electrons. The van der Waals surface area contributed by atoms with Gasteiger partial charge in [0, 0.05) is 23.6 Å². The molecule has 14 nitrogen and oxygen atoms in total. The number of pyridine rings is 1. The summed E-state index contributed by atoms with van der Waals surface area (Å²) in [6.45, 7) is 1.35. The molecule has 1 atom stereocenters. The SMILES string of the molecule is Cc1ccc(S(=O)(=O)NC(=O)Nc2cccc(C(=O)NCC(=O)NC(CC(=O)O)c3cccnc3)c2)cc1.O=C(O)C(F)(F)F. The lowest BCUT2D eigenvalue weighted by Gasteiger charge is -2.17. The standard InChI is InChI=1S/C25H25N5O7S.C2HF3O2/c1-16-7-9-20(10-8-16)38(36,37)30-25(35)28-19-6-2-4-17(12-19)24(34)27-15-22(31)29-21(13-23(32)33)18-5-3-11-26-14-18;3-2(4,5)1(6)7/h2-12,14,21H,13,15H2,1H3,(H,27,34)(H,29,31)(H,32,33)(H2,28,30,35);(H,6,7). The summed E-state index contributed by atoms with van der Waals surface area (Å²) in [6, 6.07) is 12.9. The number of hydrogen-bond acceptors (Lipinski definition) is 8. The first-order chi connectivity index (χ1) is 21.0. The van der Waals surface area contributed by atoms with Crippen molar-refractivity contribution in [1.29, 1.82) is 0 Å². The number of carboxylic acid groups (broad SMARTS) is 2. The van der Waals surface area contributed by atoms with Crippen molar-refractivity contribution in [3.05, 3.63) is 89.7 Å². The molecule has 4 amide bonds. The number of carbonyl (C=O) groups excluding carboxylic acids is 3. The fourth-order valence-corrected chi connectivity index (χ4v) is 4.22.